The number of carbonyl (C=O) groups excluding carboxylic acids is 3. The summed E-state index contributed by atoms with van der Waals surface area (Å²) in [5.74, 6) is -0.906. The van der Waals surface area contributed by atoms with Gasteiger partial charge in [0, 0.05) is 19.3 Å². The highest BCUT2D eigenvalue weighted by atomic mass is 16.6. The van der Waals surface area contributed by atoms with Crippen LogP contribution in [0.2, 0.25) is 0 Å². The van der Waals surface area contributed by atoms with Crippen molar-refractivity contribution >= 4 is 17.9 Å². The molecule has 0 rings (SSSR count). The van der Waals surface area contributed by atoms with E-state index in [1.54, 1.807) is 0 Å². The Morgan fingerprint density at radius 3 is 0.884 bits per heavy atom. The molecule has 0 aliphatic rings. The number of rotatable bonds is 51. The normalized spacial score (nSPS) is 12.8. The predicted molar refractivity (Wildman–Crippen MR) is 297 cm³/mol. The average molecular weight is 960 g/mol. The Morgan fingerprint density at radius 2 is 0.565 bits per heavy atom. The van der Waals surface area contributed by atoms with Gasteiger partial charge in [-0.05, 0) is 96.3 Å². The smallest absolute Gasteiger partial charge is 0.306 e. The lowest BCUT2D eigenvalue weighted by molar-refractivity contribution is -0.167. The topological polar surface area (TPSA) is 78.9 Å². The minimum absolute atomic E-state index is 0.0848. The van der Waals surface area contributed by atoms with E-state index in [1.807, 2.05) is 0 Å². The number of unbranched alkanes of at least 4 members (excludes halogenated alkanes) is 24. The number of hydrogen-bond donors (Lipinski definition) is 0. The fourth-order valence-electron chi connectivity index (χ4n) is 7.84. The van der Waals surface area contributed by atoms with Gasteiger partial charge in [0.15, 0.2) is 6.10 Å². The van der Waals surface area contributed by atoms with Gasteiger partial charge in [0.2, 0.25) is 0 Å². The van der Waals surface area contributed by atoms with Crippen LogP contribution in [-0.2, 0) is 28.6 Å². The fourth-order valence-corrected chi connectivity index (χ4v) is 7.84. The first-order chi connectivity index (χ1) is 34.0. The second-order valence-corrected chi connectivity index (χ2v) is 18.8. The average Bonchev–Trinajstić information content (AvgIpc) is 3.35. The molecule has 0 aromatic rings. The predicted octanol–water partition coefficient (Wildman–Crippen LogP) is 19.3. The lowest BCUT2D eigenvalue weighted by Gasteiger charge is -2.18. The summed E-state index contributed by atoms with van der Waals surface area (Å²) in [6.45, 7) is 6.39. The molecule has 1 atom stereocenters. The Morgan fingerprint density at radius 1 is 0.304 bits per heavy atom. The molecule has 69 heavy (non-hydrogen) atoms. The SMILES string of the molecule is CC/C=C\C/C=C\C/C=C\C/C=C\C/C=C\CCCCCCCCCCCC(=O)OCC(COC(=O)CCCCCCCCCCCCC)OC(=O)CCCCCCC/C=C\C/C=C\C/C=C\CC. The summed E-state index contributed by atoms with van der Waals surface area (Å²) in [6.07, 6.45) is 75.4. The zero-order valence-corrected chi connectivity index (χ0v) is 45.0. The fraction of sp³-hybridized carbons (Fsp3) is 0.698. The van der Waals surface area contributed by atoms with Crippen LogP contribution in [0.25, 0.3) is 0 Å². The van der Waals surface area contributed by atoms with E-state index in [1.165, 1.54) is 89.9 Å². The molecule has 394 valence electrons. The summed E-state index contributed by atoms with van der Waals surface area (Å²) in [7, 11) is 0. The zero-order valence-electron chi connectivity index (χ0n) is 45.0. The first-order valence-electron chi connectivity index (χ1n) is 28.7. The van der Waals surface area contributed by atoms with Crippen molar-refractivity contribution in [3.8, 4) is 0 Å². The van der Waals surface area contributed by atoms with Gasteiger partial charge in [-0.1, -0.05) is 246 Å². The molecule has 1 unspecified atom stereocenters. The molecule has 0 aromatic heterocycles. The monoisotopic (exact) mass is 959 g/mol. The quantitative estimate of drug-likeness (QED) is 0.0262. The largest absolute Gasteiger partial charge is 0.462 e. The summed E-state index contributed by atoms with van der Waals surface area (Å²) in [6, 6.07) is 0. The van der Waals surface area contributed by atoms with Crippen LogP contribution in [0.15, 0.2) is 97.2 Å². The van der Waals surface area contributed by atoms with Crippen molar-refractivity contribution in [2.75, 3.05) is 13.2 Å². The number of allylic oxidation sites excluding steroid dienone is 16. The number of hydrogen-bond acceptors (Lipinski definition) is 6. The highest BCUT2D eigenvalue weighted by Gasteiger charge is 2.19. The van der Waals surface area contributed by atoms with Gasteiger partial charge in [-0.3, -0.25) is 14.4 Å². The Balaban J connectivity index is 4.31. The summed E-state index contributed by atoms with van der Waals surface area (Å²) in [5, 5.41) is 0. The van der Waals surface area contributed by atoms with Gasteiger partial charge >= 0.3 is 17.9 Å². The Bertz CT molecular complexity index is 1380. The van der Waals surface area contributed by atoms with Crippen LogP contribution in [0.3, 0.4) is 0 Å². The molecule has 0 N–H and O–H groups in total. The highest BCUT2D eigenvalue weighted by molar-refractivity contribution is 5.71. The van der Waals surface area contributed by atoms with Crippen LogP contribution in [0.1, 0.15) is 265 Å². The summed E-state index contributed by atoms with van der Waals surface area (Å²) >= 11 is 0. The van der Waals surface area contributed by atoms with Crippen LogP contribution in [0.5, 0.6) is 0 Å². The molecule has 6 nitrogen and oxygen atoms in total. The minimum Gasteiger partial charge on any atom is -0.462 e. The second-order valence-electron chi connectivity index (χ2n) is 18.8. The first kappa shape index (κ1) is 65.3. The van der Waals surface area contributed by atoms with Gasteiger partial charge in [0.1, 0.15) is 13.2 Å². The van der Waals surface area contributed by atoms with Crippen molar-refractivity contribution < 1.29 is 28.6 Å². The van der Waals surface area contributed by atoms with Crippen LogP contribution < -0.4 is 0 Å². The number of ether oxygens (including phenoxy) is 3. The molecule has 0 aromatic carbocycles. The Hall–Kier alpha value is -3.67. The maximum absolute atomic E-state index is 12.8. The highest BCUT2D eigenvalue weighted by Crippen LogP contribution is 2.15. The molecular weight excluding hydrogens is 853 g/mol. The van der Waals surface area contributed by atoms with E-state index in [2.05, 4.69) is 118 Å². The lowest BCUT2D eigenvalue weighted by Crippen LogP contribution is -2.30. The van der Waals surface area contributed by atoms with Crippen LogP contribution in [0, 0.1) is 0 Å². The third-order valence-corrected chi connectivity index (χ3v) is 12.1. The van der Waals surface area contributed by atoms with E-state index >= 15 is 0 Å². The van der Waals surface area contributed by atoms with E-state index in [0.717, 1.165) is 135 Å². The van der Waals surface area contributed by atoms with E-state index in [-0.39, 0.29) is 31.1 Å². The van der Waals surface area contributed by atoms with Gasteiger partial charge in [0.25, 0.3) is 0 Å². The van der Waals surface area contributed by atoms with Crippen molar-refractivity contribution in [1.82, 2.24) is 0 Å². The van der Waals surface area contributed by atoms with Crippen LogP contribution in [0.4, 0.5) is 0 Å². The molecule has 0 amide bonds. The van der Waals surface area contributed by atoms with Gasteiger partial charge < -0.3 is 14.2 Å². The van der Waals surface area contributed by atoms with Crippen molar-refractivity contribution in [2.45, 2.75) is 271 Å². The third-order valence-electron chi connectivity index (χ3n) is 12.1. The summed E-state index contributed by atoms with van der Waals surface area (Å²) in [4.78, 5) is 38.1. The number of esters is 3. The maximum Gasteiger partial charge on any atom is 0.306 e. The van der Waals surface area contributed by atoms with Crippen LogP contribution >= 0.6 is 0 Å². The molecule has 0 aliphatic carbocycles. The molecule has 0 saturated heterocycles. The zero-order chi connectivity index (χ0) is 50.0. The van der Waals surface area contributed by atoms with Crippen molar-refractivity contribution in [3.05, 3.63) is 97.2 Å². The van der Waals surface area contributed by atoms with E-state index in [0.29, 0.717) is 19.3 Å². The minimum atomic E-state index is -0.788. The van der Waals surface area contributed by atoms with Gasteiger partial charge in [-0.15, -0.1) is 0 Å². The van der Waals surface area contributed by atoms with Gasteiger partial charge in [-0.2, -0.15) is 0 Å². The molecule has 0 spiro atoms. The van der Waals surface area contributed by atoms with Crippen molar-refractivity contribution in [1.29, 1.82) is 0 Å². The second kappa shape index (κ2) is 56.9. The first-order valence-corrected chi connectivity index (χ1v) is 28.7. The molecule has 0 radical (unpaired) electrons. The standard InChI is InChI=1S/C63H106O6/c1-4-7-10-13-16-19-22-24-26-27-28-29-30-31-32-33-34-35-37-38-41-44-47-50-53-56-62(65)68-59-60(58-67-61(64)55-52-49-46-43-40-21-18-15-12-9-6-3)69-63(66)57-54-51-48-45-42-39-36-25-23-20-17-14-11-8-5-2/h7-8,10-11,16-17,19-20,24-26,28-29,31-32,36,60H,4-6,9,12-15,18,21-23,27,30,33-35,37-59H2,1-3H3/b10-7-,11-8-,19-16-,20-17-,26-24-,29-28-,32-31-,36-25-. The molecule has 6 heteroatoms. The van der Waals surface area contributed by atoms with E-state index in [4.69, 9.17) is 14.2 Å². The molecule has 0 saturated carbocycles. The van der Waals surface area contributed by atoms with Crippen LogP contribution in [-0.4, -0.2) is 37.2 Å². The van der Waals surface area contributed by atoms with Gasteiger partial charge in [-0.25, -0.2) is 0 Å². The molecular formula is C63H106O6. The van der Waals surface area contributed by atoms with Crippen molar-refractivity contribution in [3.63, 3.8) is 0 Å². The van der Waals surface area contributed by atoms with E-state index < -0.39 is 6.10 Å². The van der Waals surface area contributed by atoms with Crippen molar-refractivity contribution in [2.24, 2.45) is 0 Å². The Kier molecular flexibility index (Phi) is 53.9. The summed E-state index contributed by atoms with van der Waals surface area (Å²) in [5.41, 5.74) is 0. The molecule has 0 fully saturated rings. The maximum atomic E-state index is 12.8. The van der Waals surface area contributed by atoms with Gasteiger partial charge in [0.05, 0.1) is 0 Å². The number of carbonyl (C=O) groups is 3. The molecule has 0 heterocycles. The summed E-state index contributed by atoms with van der Waals surface area (Å²) < 4.78 is 16.8. The lowest BCUT2D eigenvalue weighted by atomic mass is 10.1. The molecule has 0 aliphatic heterocycles. The molecule has 0 bridgehead atoms. The van der Waals surface area contributed by atoms with E-state index in [9.17, 15) is 14.4 Å². The Labute approximate surface area is 426 Å². The third kappa shape index (κ3) is 55.1.